The Morgan fingerprint density at radius 3 is 2.54 bits per heavy atom. The van der Waals surface area contributed by atoms with E-state index in [1.165, 1.54) is 0 Å². The second kappa shape index (κ2) is 7.72. The molecular formula is C22H23N3O2S. The van der Waals surface area contributed by atoms with Gasteiger partial charge in [-0.25, -0.2) is 4.68 Å². The lowest BCUT2D eigenvalue weighted by atomic mass is 10.0. The number of hydrogen-bond acceptors (Lipinski definition) is 4. The fourth-order valence-corrected chi connectivity index (χ4v) is 4.58. The van der Waals surface area contributed by atoms with Crippen molar-refractivity contribution >= 4 is 23.5 Å². The molecule has 4 rings (SSSR count). The van der Waals surface area contributed by atoms with Gasteiger partial charge in [-0.3, -0.25) is 4.79 Å². The molecule has 0 fully saturated rings. The summed E-state index contributed by atoms with van der Waals surface area (Å²) in [6.07, 6.45) is 0.137. The van der Waals surface area contributed by atoms with Gasteiger partial charge >= 0.3 is 0 Å². The Balaban J connectivity index is 1.77. The molecule has 0 saturated carbocycles. The molecule has 1 unspecified atom stereocenters. The highest BCUT2D eigenvalue weighted by atomic mass is 32.2. The SMILES string of the molecule is Cc1nn(-c2ccccc2)c2c1C(c1ccc(OC(C)C)cc1)SCC(=O)N2. The first-order valence-corrected chi connectivity index (χ1v) is 10.4. The van der Waals surface area contributed by atoms with Gasteiger partial charge in [0.2, 0.25) is 5.91 Å². The summed E-state index contributed by atoms with van der Waals surface area (Å²) >= 11 is 1.62. The van der Waals surface area contributed by atoms with Crippen LogP contribution < -0.4 is 10.1 Å². The van der Waals surface area contributed by atoms with Crippen LogP contribution in [-0.4, -0.2) is 27.5 Å². The number of aromatic nitrogens is 2. The highest BCUT2D eigenvalue weighted by molar-refractivity contribution is 8.00. The summed E-state index contributed by atoms with van der Waals surface area (Å²) in [4.78, 5) is 12.4. The Morgan fingerprint density at radius 2 is 1.86 bits per heavy atom. The van der Waals surface area contributed by atoms with Gasteiger partial charge in [-0.2, -0.15) is 5.10 Å². The lowest BCUT2D eigenvalue weighted by Crippen LogP contribution is -2.15. The maximum atomic E-state index is 12.4. The van der Waals surface area contributed by atoms with Crippen molar-refractivity contribution in [1.29, 1.82) is 0 Å². The van der Waals surface area contributed by atoms with Crippen LogP contribution in [0, 0.1) is 6.92 Å². The Hall–Kier alpha value is -2.73. The molecule has 1 aliphatic rings. The monoisotopic (exact) mass is 393 g/mol. The summed E-state index contributed by atoms with van der Waals surface area (Å²) in [5.41, 5.74) is 4.03. The van der Waals surface area contributed by atoms with E-state index in [4.69, 9.17) is 9.84 Å². The van der Waals surface area contributed by atoms with Crippen LogP contribution >= 0.6 is 11.8 Å². The van der Waals surface area contributed by atoms with Crippen LogP contribution in [-0.2, 0) is 4.79 Å². The van der Waals surface area contributed by atoms with Crippen LogP contribution in [0.5, 0.6) is 5.75 Å². The summed E-state index contributed by atoms with van der Waals surface area (Å²) < 4.78 is 7.59. The van der Waals surface area contributed by atoms with Gasteiger partial charge in [0.05, 0.1) is 28.5 Å². The minimum Gasteiger partial charge on any atom is -0.491 e. The zero-order valence-corrected chi connectivity index (χ0v) is 17.0. The lowest BCUT2D eigenvalue weighted by molar-refractivity contribution is -0.113. The normalized spacial score (nSPS) is 16.4. The Kier molecular flexibility index (Phi) is 5.13. The van der Waals surface area contributed by atoms with Crippen molar-refractivity contribution in [3.63, 3.8) is 0 Å². The van der Waals surface area contributed by atoms with E-state index in [-0.39, 0.29) is 17.3 Å². The van der Waals surface area contributed by atoms with E-state index in [2.05, 4.69) is 17.4 Å². The molecule has 0 spiro atoms. The molecule has 0 bridgehead atoms. The van der Waals surface area contributed by atoms with Gasteiger partial charge in [0.25, 0.3) is 0 Å². The number of nitrogens with one attached hydrogen (secondary N) is 1. The predicted octanol–water partition coefficient (Wildman–Crippen LogP) is 4.74. The number of nitrogens with zero attached hydrogens (tertiary/aromatic N) is 2. The number of ether oxygens (including phenoxy) is 1. The molecule has 2 aromatic carbocycles. The summed E-state index contributed by atoms with van der Waals surface area (Å²) in [6, 6.07) is 18.0. The van der Waals surface area contributed by atoms with Crippen LogP contribution in [0.3, 0.4) is 0 Å². The molecule has 2 heterocycles. The van der Waals surface area contributed by atoms with Crippen LogP contribution in [0.1, 0.15) is 35.9 Å². The number of thioether (sulfide) groups is 1. The van der Waals surface area contributed by atoms with Gasteiger partial charge in [0.15, 0.2) is 0 Å². The van der Waals surface area contributed by atoms with Gasteiger partial charge in [0, 0.05) is 5.56 Å². The number of rotatable bonds is 4. The summed E-state index contributed by atoms with van der Waals surface area (Å²) in [5, 5.41) is 7.83. The van der Waals surface area contributed by atoms with Gasteiger partial charge in [-0.1, -0.05) is 30.3 Å². The molecule has 6 heteroatoms. The molecule has 0 aliphatic carbocycles. The van der Waals surface area contributed by atoms with Gasteiger partial charge in [-0.05, 0) is 50.6 Å². The smallest absolute Gasteiger partial charge is 0.235 e. The third kappa shape index (κ3) is 3.64. The molecule has 0 radical (unpaired) electrons. The van der Waals surface area contributed by atoms with E-state index in [0.29, 0.717) is 5.75 Å². The zero-order valence-electron chi connectivity index (χ0n) is 16.2. The number of aryl methyl sites for hydroxylation is 1. The predicted molar refractivity (Wildman–Crippen MR) is 113 cm³/mol. The number of anilines is 1. The second-order valence-corrected chi connectivity index (χ2v) is 8.16. The topological polar surface area (TPSA) is 56.2 Å². The molecular weight excluding hydrogens is 370 g/mol. The van der Waals surface area contributed by atoms with Crippen LogP contribution in [0.2, 0.25) is 0 Å². The fourth-order valence-electron chi connectivity index (χ4n) is 3.40. The van der Waals surface area contributed by atoms with E-state index >= 15 is 0 Å². The number of fused-ring (bicyclic) bond motifs is 1. The number of amides is 1. The quantitative estimate of drug-likeness (QED) is 0.695. The molecule has 1 amide bonds. The van der Waals surface area contributed by atoms with E-state index in [1.807, 2.05) is 67.9 Å². The maximum Gasteiger partial charge on any atom is 0.235 e. The average molecular weight is 394 g/mol. The Bertz CT molecular complexity index is 981. The van der Waals surface area contributed by atoms with E-state index < -0.39 is 0 Å². The molecule has 3 aromatic rings. The van der Waals surface area contributed by atoms with E-state index in [1.54, 1.807) is 11.8 Å². The van der Waals surface area contributed by atoms with Crippen LogP contribution in [0.4, 0.5) is 5.82 Å². The Morgan fingerprint density at radius 1 is 1.14 bits per heavy atom. The van der Waals surface area contributed by atoms with Crippen molar-refractivity contribution in [1.82, 2.24) is 9.78 Å². The molecule has 1 N–H and O–H groups in total. The minimum absolute atomic E-state index is 0.00871. The number of carbonyl (C=O) groups excluding carboxylic acids is 1. The number of benzene rings is 2. The number of carbonyl (C=O) groups is 1. The van der Waals surface area contributed by atoms with E-state index in [0.717, 1.165) is 34.1 Å². The van der Waals surface area contributed by atoms with Gasteiger partial charge in [0.1, 0.15) is 11.6 Å². The van der Waals surface area contributed by atoms with Crippen molar-refractivity contribution < 1.29 is 9.53 Å². The first-order chi connectivity index (χ1) is 13.5. The largest absolute Gasteiger partial charge is 0.491 e. The van der Waals surface area contributed by atoms with Crippen LogP contribution in [0.25, 0.3) is 5.69 Å². The first kappa shape index (κ1) is 18.6. The molecule has 28 heavy (non-hydrogen) atoms. The van der Waals surface area contributed by atoms with Crippen molar-refractivity contribution in [3.8, 4) is 11.4 Å². The standard InChI is InChI=1S/C22H23N3O2S/c1-14(2)27-18-11-9-16(10-12-18)21-20-15(3)24-25(17-7-5-4-6-8-17)22(20)23-19(26)13-28-21/h4-12,14,21H,13H2,1-3H3,(H,23,26). The highest BCUT2D eigenvalue weighted by Crippen LogP contribution is 2.44. The molecule has 1 atom stereocenters. The van der Waals surface area contributed by atoms with Crippen molar-refractivity contribution in [2.75, 3.05) is 11.1 Å². The molecule has 5 nitrogen and oxygen atoms in total. The minimum atomic E-state index is -0.00871. The third-order valence-electron chi connectivity index (χ3n) is 4.56. The molecule has 1 aromatic heterocycles. The van der Waals surface area contributed by atoms with Gasteiger partial charge < -0.3 is 10.1 Å². The maximum absolute atomic E-state index is 12.4. The van der Waals surface area contributed by atoms with Gasteiger partial charge in [-0.15, -0.1) is 11.8 Å². The zero-order chi connectivity index (χ0) is 19.7. The summed E-state index contributed by atoms with van der Waals surface area (Å²) in [6.45, 7) is 6.03. The van der Waals surface area contributed by atoms with Crippen molar-refractivity contribution in [3.05, 3.63) is 71.4 Å². The summed E-state index contributed by atoms with van der Waals surface area (Å²) in [5.74, 6) is 2.00. The third-order valence-corrected chi connectivity index (χ3v) is 5.83. The molecule has 0 saturated heterocycles. The molecule has 1 aliphatic heterocycles. The average Bonchev–Trinajstić information content (AvgIpc) is 2.89. The lowest BCUT2D eigenvalue weighted by Gasteiger charge is -2.16. The van der Waals surface area contributed by atoms with Crippen molar-refractivity contribution in [2.24, 2.45) is 0 Å². The fraction of sp³-hybridized carbons (Fsp3) is 0.273. The van der Waals surface area contributed by atoms with Crippen molar-refractivity contribution in [2.45, 2.75) is 32.1 Å². The van der Waals surface area contributed by atoms with E-state index in [9.17, 15) is 4.79 Å². The summed E-state index contributed by atoms with van der Waals surface area (Å²) in [7, 11) is 0. The molecule has 144 valence electrons. The Labute approximate surface area is 169 Å². The second-order valence-electron chi connectivity index (χ2n) is 7.07. The first-order valence-electron chi connectivity index (χ1n) is 9.36. The number of hydrogen-bond donors (Lipinski definition) is 1. The number of para-hydroxylation sites is 1. The van der Waals surface area contributed by atoms with Crippen LogP contribution in [0.15, 0.2) is 54.6 Å². The highest BCUT2D eigenvalue weighted by Gasteiger charge is 2.30.